The van der Waals surface area contributed by atoms with Gasteiger partial charge in [-0.3, -0.25) is 14.5 Å². The van der Waals surface area contributed by atoms with Crippen molar-refractivity contribution < 1.29 is 23.9 Å². The molecule has 1 aromatic heterocycles. The smallest absolute Gasteiger partial charge is 0.273 e. The van der Waals surface area contributed by atoms with Crippen LogP contribution < -0.4 is 5.73 Å². The van der Waals surface area contributed by atoms with E-state index < -0.39 is 11.5 Å². The quantitative estimate of drug-likeness (QED) is 0.357. The molecule has 2 aliphatic heterocycles. The monoisotopic (exact) mass is 610 g/mol. The third-order valence-electron chi connectivity index (χ3n) is 9.57. The molecule has 2 N–H and O–H groups in total. The first-order chi connectivity index (χ1) is 20.8. The number of morpholine rings is 1. The van der Waals surface area contributed by atoms with Gasteiger partial charge < -0.3 is 24.9 Å². The molecule has 1 aromatic carbocycles. The summed E-state index contributed by atoms with van der Waals surface area (Å²) >= 11 is 1.51. The van der Waals surface area contributed by atoms with E-state index in [-0.39, 0.29) is 30.3 Å². The zero-order valence-corrected chi connectivity index (χ0v) is 26.2. The van der Waals surface area contributed by atoms with Crippen LogP contribution in [0.15, 0.2) is 29.6 Å². The lowest BCUT2D eigenvalue weighted by Crippen LogP contribution is -2.58. The number of nitrogens with two attached hydrogens (primary N) is 1. The van der Waals surface area contributed by atoms with Crippen molar-refractivity contribution in [2.45, 2.75) is 88.9 Å². The molecule has 5 rings (SSSR count). The molecule has 1 atom stereocenters. The summed E-state index contributed by atoms with van der Waals surface area (Å²) in [6.07, 6.45) is 8.99. The van der Waals surface area contributed by atoms with Crippen LogP contribution >= 0.6 is 11.3 Å². The zero-order valence-electron chi connectivity index (χ0n) is 25.4. The molecule has 1 unspecified atom stereocenters. The Hall–Kier alpha value is -2.66. The van der Waals surface area contributed by atoms with Gasteiger partial charge in [0, 0.05) is 38.0 Å². The summed E-state index contributed by atoms with van der Waals surface area (Å²) in [7, 11) is 0. The van der Waals surface area contributed by atoms with Gasteiger partial charge in [-0.25, -0.2) is 4.98 Å². The molecule has 2 amide bonds. The molecule has 0 radical (unpaired) electrons. The van der Waals surface area contributed by atoms with Crippen LogP contribution in [0.1, 0.15) is 84.4 Å². The Morgan fingerprint density at radius 3 is 2.65 bits per heavy atom. The molecule has 9 nitrogen and oxygen atoms in total. The summed E-state index contributed by atoms with van der Waals surface area (Å²) in [5.74, 6) is -0.222. The number of aldehydes is 1. The molecule has 2 aromatic rings. The van der Waals surface area contributed by atoms with Gasteiger partial charge in [-0.15, -0.1) is 11.3 Å². The van der Waals surface area contributed by atoms with Crippen molar-refractivity contribution in [3.8, 4) is 0 Å². The van der Waals surface area contributed by atoms with Crippen molar-refractivity contribution in [1.82, 2.24) is 14.8 Å². The number of likely N-dealkylation sites (tertiary alicyclic amines) is 1. The highest BCUT2D eigenvalue weighted by atomic mass is 32.1. The minimum Gasteiger partial charge on any atom is -0.373 e. The molecule has 1 aliphatic carbocycles. The van der Waals surface area contributed by atoms with E-state index in [1.54, 1.807) is 0 Å². The predicted molar refractivity (Wildman–Crippen MR) is 166 cm³/mol. The molecule has 1 spiro atoms. The fourth-order valence-corrected chi connectivity index (χ4v) is 7.84. The third kappa shape index (κ3) is 8.09. The van der Waals surface area contributed by atoms with Crippen molar-refractivity contribution in [2.75, 3.05) is 39.4 Å². The Bertz CT molecular complexity index is 1250. The molecule has 3 fully saturated rings. The topological polar surface area (TPSA) is 115 Å². The first-order valence-electron chi connectivity index (χ1n) is 15.8. The Kier molecular flexibility index (Phi) is 10.6. The average molecular weight is 611 g/mol. The van der Waals surface area contributed by atoms with Crippen LogP contribution in [0.5, 0.6) is 0 Å². The van der Waals surface area contributed by atoms with Crippen molar-refractivity contribution >= 4 is 29.4 Å². The second-order valence-corrected chi connectivity index (χ2v) is 13.7. The first-order valence-corrected chi connectivity index (χ1v) is 16.7. The van der Waals surface area contributed by atoms with Crippen LogP contribution in [0.3, 0.4) is 0 Å². The minimum atomic E-state index is -0.796. The van der Waals surface area contributed by atoms with Gasteiger partial charge in [0.1, 0.15) is 12.0 Å². The Labute approximate surface area is 259 Å². The second kappa shape index (κ2) is 14.4. The predicted octanol–water partition coefficient (Wildman–Crippen LogP) is 4.30. The fourth-order valence-electron chi connectivity index (χ4n) is 7.25. The van der Waals surface area contributed by atoms with E-state index in [0.29, 0.717) is 38.4 Å². The number of piperidine rings is 1. The maximum Gasteiger partial charge on any atom is 0.273 e. The average Bonchev–Trinajstić information content (AvgIpc) is 3.45. The number of aryl methyl sites for hydroxylation is 1. The molecule has 234 valence electrons. The number of ether oxygens (including phenoxy) is 2. The Morgan fingerprint density at radius 1 is 1.19 bits per heavy atom. The molecule has 3 heterocycles. The lowest BCUT2D eigenvalue weighted by Gasteiger charge is -2.47. The number of amides is 2. The maximum absolute atomic E-state index is 13.0. The highest BCUT2D eigenvalue weighted by Crippen LogP contribution is 2.39. The van der Waals surface area contributed by atoms with E-state index >= 15 is 0 Å². The van der Waals surface area contributed by atoms with E-state index in [2.05, 4.69) is 34.1 Å². The van der Waals surface area contributed by atoms with E-state index in [4.69, 9.17) is 15.2 Å². The van der Waals surface area contributed by atoms with Gasteiger partial charge in [0.15, 0.2) is 0 Å². The van der Waals surface area contributed by atoms with Crippen molar-refractivity contribution in [3.05, 3.63) is 51.5 Å². The van der Waals surface area contributed by atoms with Crippen LogP contribution in [-0.2, 0) is 32.0 Å². The maximum atomic E-state index is 13.0. The summed E-state index contributed by atoms with van der Waals surface area (Å²) in [5, 5.41) is 2.76. The van der Waals surface area contributed by atoms with Gasteiger partial charge >= 0.3 is 0 Å². The van der Waals surface area contributed by atoms with Crippen LogP contribution in [0, 0.1) is 12.8 Å². The molecular formula is C33H46N4O5S. The van der Waals surface area contributed by atoms with Gasteiger partial charge in [0.2, 0.25) is 5.91 Å². The molecule has 43 heavy (non-hydrogen) atoms. The summed E-state index contributed by atoms with van der Waals surface area (Å²) in [5.41, 5.74) is 7.51. The third-order valence-corrected chi connectivity index (χ3v) is 10.3. The number of carbonyl (C=O) groups is 3. The molecular weight excluding hydrogens is 564 g/mol. The summed E-state index contributed by atoms with van der Waals surface area (Å²) in [6, 6.07) is 8.60. The Morgan fingerprint density at radius 2 is 1.95 bits per heavy atom. The highest BCUT2D eigenvalue weighted by molar-refractivity contribution is 7.09. The number of primary amides is 1. The largest absolute Gasteiger partial charge is 0.373 e. The number of hydrogen-bond donors (Lipinski definition) is 1. The second-order valence-electron chi connectivity index (χ2n) is 12.6. The Balaban J connectivity index is 1.13. The minimum absolute atomic E-state index is 0.00650. The lowest BCUT2D eigenvalue weighted by atomic mass is 9.73. The standard InChI is InChI=1S/C33H46N4O5S/c1-25-35-29(23-43-25)31(40)37-16-19-41-32(24-37)11-14-36(15-12-32)22-27-7-5-6-26(20-27)10-18-42-33(13-17-38,21-30(34)39)28-8-3-2-4-9-28/h5-7,17,20,23,28H,2-4,8-16,18-19,21-22,24H2,1H3,(H2,34,39). The van der Waals surface area contributed by atoms with Crippen molar-refractivity contribution in [3.63, 3.8) is 0 Å². The number of rotatable bonds is 12. The van der Waals surface area contributed by atoms with Gasteiger partial charge in [-0.1, -0.05) is 43.5 Å². The van der Waals surface area contributed by atoms with Crippen LogP contribution in [0.4, 0.5) is 0 Å². The summed E-state index contributed by atoms with van der Waals surface area (Å²) in [6.45, 7) is 6.83. The zero-order chi connectivity index (χ0) is 30.3. The fraction of sp³-hybridized carbons (Fsp3) is 0.636. The van der Waals surface area contributed by atoms with Crippen LogP contribution in [-0.4, -0.2) is 83.5 Å². The van der Waals surface area contributed by atoms with E-state index in [1.807, 2.05) is 17.2 Å². The normalized spacial score (nSPS) is 21.0. The number of nitrogens with zero attached hydrogens (tertiary/aromatic N) is 3. The summed E-state index contributed by atoms with van der Waals surface area (Å²) < 4.78 is 12.7. The van der Waals surface area contributed by atoms with E-state index in [9.17, 15) is 14.4 Å². The molecule has 3 aliphatic rings. The highest BCUT2D eigenvalue weighted by Gasteiger charge is 2.42. The molecule has 0 bridgehead atoms. The van der Waals surface area contributed by atoms with Crippen molar-refractivity contribution in [2.24, 2.45) is 11.7 Å². The van der Waals surface area contributed by atoms with Crippen LogP contribution in [0.2, 0.25) is 0 Å². The molecule has 2 saturated heterocycles. The molecule has 10 heteroatoms. The SMILES string of the molecule is Cc1nc(C(=O)N2CCOC3(CCN(Cc4cccc(CCOC(CC=O)(CC(N)=O)C5CCCCC5)c4)CC3)C2)cs1. The van der Waals surface area contributed by atoms with Gasteiger partial charge in [-0.05, 0) is 56.1 Å². The number of benzene rings is 1. The number of hydrogen-bond acceptors (Lipinski definition) is 8. The van der Waals surface area contributed by atoms with Crippen LogP contribution in [0.25, 0.3) is 0 Å². The van der Waals surface area contributed by atoms with Crippen molar-refractivity contribution in [1.29, 1.82) is 0 Å². The summed E-state index contributed by atoms with van der Waals surface area (Å²) in [4.78, 5) is 45.4. The van der Waals surface area contributed by atoms with E-state index in [1.165, 1.54) is 28.9 Å². The number of aromatic nitrogens is 1. The lowest BCUT2D eigenvalue weighted by molar-refractivity contribution is -0.140. The molecule has 1 saturated carbocycles. The number of thiazole rings is 1. The van der Waals surface area contributed by atoms with Gasteiger partial charge in [-0.2, -0.15) is 0 Å². The van der Waals surface area contributed by atoms with E-state index in [0.717, 1.165) is 69.5 Å². The van der Waals surface area contributed by atoms with Gasteiger partial charge in [0.05, 0.1) is 42.4 Å². The first kappa shape index (κ1) is 31.8. The van der Waals surface area contributed by atoms with Gasteiger partial charge in [0.25, 0.3) is 5.91 Å². The number of carbonyl (C=O) groups excluding carboxylic acids is 3.